The van der Waals surface area contributed by atoms with Crippen LogP contribution in [0.2, 0.25) is 0 Å². The number of nitrogens with one attached hydrogen (secondary N) is 1. The van der Waals surface area contributed by atoms with E-state index in [9.17, 15) is 4.79 Å². The number of rotatable bonds is 4. The standard InChI is InChI=1S/C11H21ClN2O2/c1-10(2,3)16-9(15)14-7-6-13-8-11(4,5)12/h8H,6-7H2,1-5H3,(H,14,15). The van der Waals surface area contributed by atoms with Crippen LogP contribution in [-0.2, 0) is 4.74 Å². The first kappa shape index (κ1) is 15.2. The molecule has 0 spiro atoms. The highest BCUT2D eigenvalue weighted by atomic mass is 35.5. The number of carbonyl (C=O) groups excluding carboxylic acids is 1. The van der Waals surface area contributed by atoms with Gasteiger partial charge in [-0.05, 0) is 34.6 Å². The van der Waals surface area contributed by atoms with Crippen LogP contribution in [0.4, 0.5) is 4.79 Å². The summed E-state index contributed by atoms with van der Waals surface area (Å²) in [7, 11) is 0. The van der Waals surface area contributed by atoms with Gasteiger partial charge in [0.2, 0.25) is 0 Å². The summed E-state index contributed by atoms with van der Waals surface area (Å²) in [5, 5.41) is 2.61. The first-order chi connectivity index (χ1) is 7.10. The molecule has 0 aromatic heterocycles. The fourth-order valence-corrected chi connectivity index (χ4v) is 0.887. The first-order valence-electron chi connectivity index (χ1n) is 5.27. The van der Waals surface area contributed by atoms with Crippen molar-refractivity contribution in [2.75, 3.05) is 13.1 Å². The third-order valence-electron chi connectivity index (χ3n) is 1.31. The zero-order valence-corrected chi connectivity index (χ0v) is 11.4. The van der Waals surface area contributed by atoms with Gasteiger partial charge in [0.25, 0.3) is 0 Å². The monoisotopic (exact) mass is 248 g/mol. The van der Waals surface area contributed by atoms with Crippen LogP contribution in [0.1, 0.15) is 34.6 Å². The molecule has 0 unspecified atom stereocenters. The summed E-state index contributed by atoms with van der Waals surface area (Å²) in [4.78, 5) is 14.9. The number of amides is 1. The van der Waals surface area contributed by atoms with Crippen LogP contribution in [0, 0.1) is 0 Å². The molecule has 0 aliphatic rings. The second kappa shape index (κ2) is 6.09. The molecule has 1 N–H and O–H groups in total. The Balaban J connectivity index is 3.68. The third kappa shape index (κ3) is 11.3. The van der Waals surface area contributed by atoms with Gasteiger partial charge in [-0.25, -0.2) is 4.79 Å². The molecule has 0 aromatic rings. The molecule has 0 atom stereocenters. The average Bonchev–Trinajstić information content (AvgIpc) is 1.97. The molecule has 0 aromatic carbocycles. The number of hydrogen-bond donors (Lipinski definition) is 1. The summed E-state index contributed by atoms with van der Waals surface area (Å²) in [6, 6.07) is 0. The summed E-state index contributed by atoms with van der Waals surface area (Å²) in [6.45, 7) is 10.1. The van der Waals surface area contributed by atoms with E-state index in [4.69, 9.17) is 16.3 Å². The Morgan fingerprint density at radius 3 is 2.38 bits per heavy atom. The lowest BCUT2D eigenvalue weighted by Crippen LogP contribution is -2.33. The number of alkyl carbamates (subject to hydrolysis) is 1. The van der Waals surface area contributed by atoms with Crippen molar-refractivity contribution < 1.29 is 9.53 Å². The van der Waals surface area contributed by atoms with Crippen molar-refractivity contribution in [3.63, 3.8) is 0 Å². The maximum Gasteiger partial charge on any atom is 0.407 e. The van der Waals surface area contributed by atoms with Crippen LogP contribution in [0.25, 0.3) is 0 Å². The van der Waals surface area contributed by atoms with Crippen molar-refractivity contribution in [1.29, 1.82) is 0 Å². The summed E-state index contributed by atoms with van der Waals surface area (Å²) in [5.74, 6) is 0. The maximum atomic E-state index is 11.2. The number of aliphatic imine (C=N–C) groups is 1. The number of alkyl halides is 1. The molecule has 1 amide bonds. The highest BCUT2D eigenvalue weighted by Crippen LogP contribution is 2.08. The summed E-state index contributed by atoms with van der Waals surface area (Å²) in [5.41, 5.74) is -0.467. The van der Waals surface area contributed by atoms with Crippen molar-refractivity contribution in [2.24, 2.45) is 4.99 Å². The lowest BCUT2D eigenvalue weighted by molar-refractivity contribution is 0.0529. The fraction of sp³-hybridized carbons (Fsp3) is 0.818. The largest absolute Gasteiger partial charge is 0.444 e. The van der Waals surface area contributed by atoms with Gasteiger partial charge in [-0.3, -0.25) is 4.99 Å². The fourth-order valence-electron chi connectivity index (χ4n) is 0.818. The zero-order valence-electron chi connectivity index (χ0n) is 10.6. The van der Waals surface area contributed by atoms with Crippen LogP contribution in [-0.4, -0.2) is 35.9 Å². The Labute approximate surface area is 102 Å². The van der Waals surface area contributed by atoms with Gasteiger partial charge in [-0.15, -0.1) is 11.6 Å². The molecule has 0 fully saturated rings. The van der Waals surface area contributed by atoms with Crippen LogP contribution in [0.3, 0.4) is 0 Å². The van der Waals surface area contributed by atoms with E-state index >= 15 is 0 Å². The van der Waals surface area contributed by atoms with Crippen molar-refractivity contribution in [2.45, 2.75) is 45.1 Å². The number of carbonyl (C=O) groups is 1. The number of halogens is 1. The molecule has 0 aliphatic heterocycles. The van der Waals surface area contributed by atoms with Crippen molar-refractivity contribution in [3.05, 3.63) is 0 Å². The summed E-state index contributed by atoms with van der Waals surface area (Å²) < 4.78 is 5.06. The van der Waals surface area contributed by atoms with Crippen LogP contribution < -0.4 is 5.32 Å². The topological polar surface area (TPSA) is 50.7 Å². The molecule has 0 saturated heterocycles. The van der Waals surface area contributed by atoms with Crippen molar-refractivity contribution in [1.82, 2.24) is 5.32 Å². The highest BCUT2D eigenvalue weighted by Gasteiger charge is 2.15. The normalized spacial score (nSPS) is 12.9. The van der Waals surface area contributed by atoms with E-state index < -0.39 is 16.6 Å². The molecule has 94 valence electrons. The molecule has 0 radical (unpaired) electrons. The predicted molar refractivity (Wildman–Crippen MR) is 67.5 cm³/mol. The van der Waals surface area contributed by atoms with Crippen LogP contribution >= 0.6 is 11.6 Å². The Bertz CT molecular complexity index is 252. The number of hydrogen-bond acceptors (Lipinski definition) is 3. The van der Waals surface area contributed by atoms with E-state index in [0.29, 0.717) is 13.1 Å². The minimum absolute atomic E-state index is 0.423. The molecule has 5 heteroatoms. The molecule has 0 bridgehead atoms. The van der Waals surface area contributed by atoms with E-state index in [2.05, 4.69) is 10.3 Å². The van der Waals surface area contributed by atoms with E-state index in [1.807, 2.05) is 34.6 Å². The molecular formula is C11H21ClN2O2. The van der Waals surface area contributed by atoms with E-state index in [0.717, 1.165) is 0 Å². The molecule has 0 saturated carbocycles. The number of nitrogens with zero attached hydrogens (tertiary/aromatic N) is 1. The van der Waals surface area contributed by atoms with Gasteiger partial charge in [0.1, 0.15) is 5.60 Å². The van der Waals surface area contributed by atoms with Gasteiger partial charge in [0.15, 0.2) is 0 Å². The quantitative estimate of drug-likeness (QED) is 0.472. The highest BCUT2D eigenvalue weighted by molar-refractivity contribution is 6.31. The van der Waals surface area contributed by atoms with Gasteiger partial charge < -0.3 is 10.1 Å². The molecule has 0 rings (SSSR count). The van der Waals surface area contributed by atoms with Gasteiger partial charge in [0.05, 0.1) is 11.4 Å². The van der Waals surface area contributed by atoms with E-state index in [1.165, 1.54) is 0 Å². The van der Waals surface area contributed by atoms with Crippen molar-refractivity contribution >= 4 is 23.9 Å². The average molecular weight is 249 g/mol. The molecule has 0 heterocycles. The summed E-state index contributed by atoms with van der Waals surface area (Å²) in [6.07, 6.45) is 1.23. The lowest BCUT2D eigenvalue weighted by Gasteiger charge is -2.19. The van der Waals surface area contributed by atoms with Gasteiger partial charge in [-0.2, -0.15) is 0 Å². The predicted octanol–water partition coefficient (Wildman–Crippen LogP) is 2.60. The van der Waals surface area contributed by atoms with Crippen molar-refractivity contribution in [3.8, 4) is 0 Å². The summed E-state index contributed by atoms with van der Waals surface area (Å²) >= 11 is 5.90. The van der Waals surface area contributed by atoms with E-state index in [1.54, 1.807) is 6.21 Å². The van der Waals surface area contributed by atoms with Gasteiger partial charge in [-0.1, -0.05) is 0 Å². The van der Waals surface area contributed by atoms with Gasteiger partial charge in [0, 0.05) is 12.8 Å². The second-order valence-electron chi connectivity index (χ2n) is 5.03. The SMILES string of the molecule is CC(C)(Cl)C=NCCNC(=O)OC(C)(C)C. The first-order valence-corrected chi connectivity index (χ1v) is 5.65. The van der Waals surface area contributed by atoms with E-state index in [-0.39, 0.29) is 0 Å². The Kier molecular flexibility index (Phi) is 5.79. The van der Waals surface area contributed by atoms with Crippen LogP contribution in [0.5, 0.6) is 0 Å². The Morgan fingerprint density at radius 1 is 1.38 bits per heavy atom. The van der Waals surface area contributed by atoms with Crippen LogP contribution in [0.15, 0.2) is 4.99 Å². The number of ether oxygens (including phenoxy) is 1. The second-order valence-corrected chi connectivity index (χ2v) is 6.00. The van der Waals surface area contributed by atoms with Gasteiger partial charge >= 0.3 is 6.09 Å². The Hall–Kier alpha value is -0.770. The molecular weight excluding hydrogens is 228 g/mol. The minimum atomic E-state index is -0.467. The smallest absolute Gasteiger partial charge is 0.407 e. The molecule has 4 nitrogen and oxygen atoms in total. The Morgan fingerprint density at radius 2 is 1.94 bits per heavy atom. The maximum absolute atomic E-state index is 11.2. The minimum Gasteiger partial charge on any atom is -0.444 e. The lowest BCUT2D eigenvalue weighted by atomic mass is 10.2. The zero-order chi connectivity index (χ0) is 12.8. The molecule has 16 heavy (non-hydrogen) atoms. The third-order valence-corrected chi connectivity index (χ3v) is 1.40. The molecule has 0 aliphatic carbocycles.